The lowest BCUT2D eigenvalue weighted by atomic mass is 9.99. The lowest BCUT2D eigenvalue weighted by Gasteiger charge is -2.33. The Labute approximate surface area is 166 Å². The van der Waals surface area contributed by atoms with E-state index in [9.17, 15) is 4.79 Å². The quantitative estimate of drug-likeness (QED) is 0.841. The van der Waals surface area contributed by atoms with Crippen LogP contribution in [-0.4, -0.2) is 65.5 Å². The van der Waals surface area contributed by atoms with E-state index in [0.717, 1.165) is 51.5 Å². The van der Waals surface area contributed by atoms with E-state index in [2.05, 4.69) is 56.6 Å². The second-order valence-corrected chi connectivity index (χ2v) is 8.57. The summed E-state index contributed by atoms with van der Waals surface area (Å²) in [5, 5.41) is 4.57. The van der Waals surface area contributed by atoms with Crippen LogP contribution in [0.15, 0.2) is 36.5 Å². The van der Waals surface area contributed by atoms with Gasteiger partial charge < -0.3 is 15.2 Å². The smallest absolute Gasteiger partial charge is 0.234 e. The summed E-state index contributed by atoms with van der Waals surface area (Å²) in [7, 11) is 0. The predicted molar refractivity (Wildman–Crippen MR) is 113 cm³/mol. The van der Waals surface area contributed by atoms with Gasteiger partial charge in [-0.2, -0.15) is 0 Å². The van der Waals surface area contributed by atoms with E-state index in [1.165, 1.54) is 34.9 Å². The molecule has 1 saturated carbocycles. The Kier molecular flexibility index (Phi) is 4.95. The van der Waals surface area contributed by atoms with E-state index in [1.807, 2.05) is 0 Å². The molecule has 0 spiro atoms. The Hall–Kier alpha value is -2.11. The molecule has 0 unspecified atom stereocenters. The van der Waals surface area contributed by atoms with Gasteiger partial charge in [0.15, 0.2) is 0 Å². The molecule has 148 valence electrons. The first-order valence-corrected chi connectivity index (χ1v) is 10.8. The number of amides is 1. The number of para-hydroxylation sites is 1. The summed E-state index contributed by atoms with van der Waals surface area (Å²) in [6.45, 7) is 4.61. The molecule has 3 aliphatic rings. The van der Waals surface area contributed by atoms with Gasteiger partial charge in [0.1, 0.15) is 0 Å². The molecule has 1 amide bonds. The summed E-state index contributed by atoms with van der Waals surface area (Å²) >= 11 is 0. The monoisotopic (exact) mass is 378 g/mol. The maximum absolute atomic E-state index is 12.5. The molecular weight excluding hydrogens is 348 g/mol. The zero-order valence-corrected chi connectivity index (χ0v) is 16.5. The van der Waals surface area contributed by atoms with Gasteiger partial charge in [0, 0.05) is 60.9 Å². The van der Waals surface area contributed by atoms with Crippen LogP contribution in [0.1, 0.15) is 37.7 Å². The van der Waals surface area contributed by atoms with Crippen LogP contribution >= 0.6 is 0 Å². The van der Waals surface area contributed by atoms with Crippen LogP contribution in [0, 0.1) is 0 Å². The second-order valence-electron chi connectivity index (χ2n) is 8.57. The van der Waals surface area contributed by atoms with E-state index in [1.54, 1.807) is 0 Å². The predicted octanol–water partition coefficient (Wildman–Crippen LogP) is 3.00. The van der Waals surface area contributed by atoms with Gasteiger partial charge >= 0.3 is 0 Å². The Bertz CT molecular complexity index is 874. The van der Waals surface area contributed by atoms with Gasteiger partial charge in [-0.1, -0.05) is 24.3 Å². The van der Waals surface area contributed by atoms with Crippen molar-refractivity contribution in [3.05, 3.63) is 42.1 Å². The highest BCUT2D eigenvalue weighted by molar-refractivity contribution is 5.92. The molecule has 3 heterocycles. The first kappa shape index (κ1) is 18.0. The summed E-state index contributed by atoms with van der Waals surface area (Å²) in [6, 6.07) is 9.67. The molecule has 0 radical (unpaired) electrons. The van der Waals surface area contributed by atoms with Gasteiger partial charge in [-0.25, -0.2) is 0 Å². The maximum Gasteiger partial charge on any atom is 0.234 e. The molecule has 2 aliphatic heterocycles. The third-order valence-corrected chi connectivity index (χ3v) is 6.55. The van der Waals surface area contributed by atoms with Crippen molar-refractivity contribution >= 4 is 22.4 Å². The average Bonchev–Trinajstić information content (AvgIpc) is 3.48. The minimum absolute atomic E-state index is 0.189. The fourth-order valence-electron chi connectivity index (χ4n) is 4.76. The fourth-order valence-corrected chi connectivity index (χ4v) is 4.76. The molecule has 5 rings (SSSR count). The SMILES string of the molecule is O=C(CN1CC=C(c2c[nH]c3ccccc23)CC1)NC1CCN(C2CC2)CC1. The van der Waals surface area contributed by atoms with Crippen LogP contribution in [0.3, 0.4) is 0 Å². The van der Waals surface area contributed by atoms with Gasteiger partial charge in [-0.3, -0.25) is 9.69 Å². The zero-order chi connectivity index (χ0) is 18.9. The number of fused-ring (bicyclic) bond motifs is 1. The average molecular weight is 379 g/mol. The summed E-state index contributed by atoms with van der Waals surface area (Å²) in [4.78, 5) is 20.7. The molecule has 2 fully saturated rings. The van der Waals surface area contributed by atoms with Crippen LogP contribution < -0.4 is 5.32 Å². The van der Waals surface area contributed by atoms with E-state index >= 15 is 0 Å². The van der Waals surface area contributed by atoms with Crippen molar-refractivity contribution in [3.8, 4) is 0 Å². The minimum atomic E-state index is 0.189. The Morgan fingerprint density at radius 3 is 2.68 bits per heavy atom. The second kappa shape index (κ2) is 7.72. The van der Waals surface area contributed by atoms with E-state index < -0.39 is 0 Å². The molecule has 0 atom stereocenters. The molecule has 1 aliphatic carbocycles. The molecule has 2 N–H and O–H groups in total. The number of hydrogen-bond donors (Lipinski definition) is 2. The number of likely N-dealkylation sites (tertiary alicyclic amines) is 1. The number of piperidine rings is 1. The third kappa shape index (κ3) is 3.87. The standard InChI is InChI=1S/C23H30N4O/c28-23(25-18-9-13-27(14-10-18)19-5-6-19)16-26-11-7-17(8-12-26)21-15-24-22-4-2-1-3-20(21)22/h1-4,7,15,18-19,24H,5-6,8-14,16H2,(H,25,28). The summed E-state index contributed by atoms with van der Waals surface area (Å²) in [5.41, 5.74) is 3.89. The van der Waals surface area contributed by atoms with Crippen LogP contribution in [0.5, 0.6) is 0 Å². The number of nitrogens with zero attached hydrogens (tertiary/aromatic N) is 2. The Balaban J connectivity index is 1.12. The maximum atomic E-state index is 12.5. The van der Waals surface area contributed by atoms with Gasteiger partial charge in [0.05, 0.1) is 6.54 Å². The molecule has 1 aromatic heterocycles. The van der Waals surface area contributed by atoms with Crippen molar-refractivity contribution in [2.75, 3.05) is 32.7 Å². The van der Waals surface area contributed by atoms with Gasteiger partial charge in [-0.05, 0) is 43.7 Å². The molecular formula is C23H30N4O. The molecule has 0 bridgehead atoms. The van der Waals surface area contributed by atoms with Crippen LogP contribution in [0.25, 0.3) is 16.5 Å². The van der Waals surface area contributed by atoms with Crippen molar-refractivity contribution in [2.24, 2.45) is 0 Å². The van der Waals surface area contributed by atoms with E-state index in [4.69, 9.17) is 0 Å². The van der Waals surface area contributed by atoms with Crippen molar-refractivity contribution in [3.63, 3.8) is 0 Å². The number of carbonyl (C=O) groups is 1. The minimum Gasteiger partial charge on any atom is -0.361 e. The number of aromatic amines is 1. The molecule has 1 aromatic carbocycles. The number of H-pyrrole nitrogens is 1. The summed E-state index contributed by atoms with van der Waals surface area (Å²) < 4.78 is 0. The summed E-state index contributed by atoms with van der Waals surface area (Å²) in [6.07, 6.45) is 10.4. The molecule has 5 nitrogen and oxygen atoms in total. The Morgan fingerprint density at radius 1 is 1.11 bits per heavy atom. The van der Waals surface area contributed by atoms with Crippen LogP contribution in [-0.2, 0) is 4.79 Å². The highest BCUT2D eigenvalue weighted by atomic mass is 16.2. The first-order chi connectivity index (χ1) is 13.8. The van der Waals surface area contributed by atoms with E-state index in [-0.39, 0.29) is 5.91 Å². The largest absolute Gasteiger partial charge is 0.361 e. The molecule has 1 saturated heterocycles. The molecule has 28 heavy (non-hydrogen) atoms. The van der Waals surface area contributed by atoms with Gasteiger partial charge in [0.25, 0.3) is 0 Å². The lowest BCUT2D eigenvalue weighted by Crippen LogP contribution is -2.48. The van der Waals surface area contributed by atoms with Crippen molar-refractivity contribution in [1.82, 2.24) is 20.1 Å². The Morgan fingerprint density at radius 2 is 1.93 bits per heavy atom. The number of rotatable bonds is 5. The summed E-state index contributed by atoms with van der Waals surface area (Å²) in [5.74, 6) is 0.189. The normalized spacial score (nSPS) is 22.4. The number of nitrogens with one attached hydrogen (secondary N) is 2. The zero-order valence-electron chi connectivity index (χ0n) is 16.5. The first-order valence-electron chi connectivity index (χ1n) is 10.8. The molecule has 2 aromatic rings. The lowest BCUT2D eigenvalue weighted by molar-refractivity contribution is -0.123. The topological polar surface area (TPSA) is 51.4 Å². The number of aromatic nitrogens is 1. The highest BCUT2D eigenvalue weighted by Crippen LogP contribution is 2.30. The number of carbonyl (C=O) groups excluding carboxylic acids is 1. The third-order valence-electron chi connectivity index (χ3n) is 6.55. The van der Waals surface area contributed by atoms with Crippen LogP contribution in [0.4, 0.5) is 0 Å². The molecule has 5 heteroatoms. The van der Waals surface area contributed by atoms with Gasteiger partial charge in [0.2, 0.25) is 5.91 Å². The van der Waals surface area contributed by atoms with Gasteiger partial charge in [-0.15, -0.1) is 0 Å². The highest BCUT2D eigenvalue weighted by Gasteiger charge is 2.32. The van der Waals surface area contributed by atoms with Crippen molar-refractivity contribution < 1.29 is 4.79 Å². The van der Waals surface area contributed by atoms with E-state index in [0.29, 0.717) is 12.6 Å². The van der Waals surface area contributed by atoms with Crippen molar-refractivity contribution in [2.45, 2.75) is 44.2 Å². The fraction of sp³-hybridized carbons (Fsp3) is 0.522. The van der Waals surface area contributed by atoms with Crippen LogP contribution in [0.2, 0.25) is 0 Å². The van der Waals surface area contributed by atoms with Crippen molar-refractivity contribution in [1.29, 1.82) is 0 Å². The number of hydrogen-bond acceptors (Lipinski definition) is 3. The number of benzene rings is 1.